The van der Waals surface area contributed by atoms with Crippen LogP contribution in [0.5, 0.6) is 0 Å². The van der Waals surface area contributed by atoms with Crippen LogP contribution in [0.3, 0.4) is 0 Å². The fourth-order valence-corrected chi connectivity index (χ4v) is 2.36. The summed E-state index contributed by atoms with van der Waals surface area (Å²) in [6, 6.07) is 5.53. The van der Waals surface area contributed by atoms with Crippen molar-refractivity contribution in [2.24, 2.45) is 0 Å². The van der Waals surface area contributed by atoms with Gasteiger partial charge in [0.1, 0.15) is 5.69 Å². The Morgan fingerprint density at radius 3 is 3.00 bits per heavy atom. The molecule has 0 radical (unpaired) electrons. The number of anilines is 1. The summed E-state index contributed by atoms with van der Waals surface area (Å²) < 4.78 is 4.92. The van der Waals surface area contributed by atoms with E-state index in [0.29, 0.717) is 23.1 Å². The molecule has 2 rings (SSSR count). The number of carbonyl (C=O) groups is 1. The number of esters is 1. The fraction of sp³-hybridized carbons (Fsp3) is 0.250. The summed E-state index contributed by atoms with van der Waals surface area (Å²) in [6.07, 6.45) is 1.85. The van der Waals surface area contributed by atoms with Crippen LogP contribution < -0.4 is 5.73 Å². The van der Waals surface area contributed by atoms with E-state index in [2.05, 4.69) is 9.97 Å². The smallest absolute Gasteiger partial charge is 0.311 e. The Balaban J connectivity index is 2.29. The quantitative estimate of drug-likeness (QED) is 0.852. The molecular formula is C12H13N3O2S. The molecule has 0 aromatic carbocycles. The molecule has 2 heterocycles. The molecule has 2 N–H and O–H groups in total. The Kier molecular flexibility index (Phi) is 3.88. The first-order valence-electron chi connectivity index (χ1n) is 5.53. The Bertz CT molecular complexity index is 540. The van der Waals surface area contributed by atoms with E-state index in [9.17, 15) is 4.79 Å². The number of nitrogens with two attached hydrogens (primary N) is 1. The number of aromatic nitrogens is 2. The second kappa shape index (κ2) is 5.59. The number of nitrogens with zero attached hydrogens (tertiary/aromatic N) is 2. The lowest BCUT2D eigenvalue weighted by Crippen LogP contribution is -2.07. The van der Waals surface area contributed by atoms with Crippen LogP contribution in [0.25, 0.3) is 11.4 Å². The molecule has 0 atom stereocenters. The van der Waals surface area contributed by atoms with Crippen molar-refractivity contribution in [3.05, 3.63) is 29.3 Å². The normalized spacial score (nSPS) is 10.3. The summed E-state index contributed by atoms with van der Waals surface area (Å²) in [5.74, 6) is -0.279. The van der Waals surface area contributed by atoms with Crippen molar-refractivity contribution >= 4 is 22.4 Å². The van der Waals surface area contributed by atoms with E-state index in [1.54, 1.807) is 13.1 Å². The summed E-state index contributed by atoms with van der Waals surface area (Å²) in [5.41, 5.74) is 7.07. The predicted octanol–water partition coefficient (Wildman–Crippen LogP) is 1.89. The first-order valence-corrected chi connectivity index (χ1v) is 6.34. The lowest BCUT2D eigenvalue weighted by atomic mass is 10.2. The first kappa shape index (κ1) is 12.5. The minimum absolute atomic E-state index is 0.175. The number of rotatable bonds is 4. The lowest BCUT2D eigenvalue weighted by Gasteiger charge is -2.01. The van der Waals surface area contributed by atoms with Crippen LogP contribution in [0.1, 0.15) is 11.8 Å². The van der Waals surface area contributed by atoms with Gasteiger partial charge in [-0.15, -0.1) is 11.3 Å². The van der Waals surface area contributed by atoms with Crippen LogP contribution in [0.4, 0.5) is 5.13 Å². The van der Waals surface area contributed by atoms with Gasteiger partial charge in [-0.2, -0.15) is 0 Å². The van der Waals surface area contributed by atoms with Gasteiger partial charge in [0.05, 0.1) is 18.7 Å². The molecule has 2 aromatic rings. The SMILES string of the molecule is CCOC(=O)Cc1sc(N)nc1-c1ccccn1. The highest BCUT2D eigenvalue weighted by Gasteiger charge is 2.16. The largest absolute Gasteiger partial charge is 0.466 e. The summed E-state index contributed by atoms with van der Waals surface area (Å²) >= 11 is 1.29. The highest BCUT2D eigenvalue weighted by Crippen LogP contribution is 2.28. The van der Waals surface area contributed by atoms with E-state index in [-0.39, 0.29) is 12.4 Å². The average Bonchev–Trinajstić information content (AvgIpc) is 2.71. The van der Waals surface area contributed by atoms with Gasteiger partial charge in [-0.1, -0.05) is 6.07 Å². The number of hydrogen-bond donors (Lipinski definition) is 1. The number of carbonyl (C=O) groups excluding carboxylic acids is 1. The molecule has 2 aromatic heterocycles. The lowest BCUT2D eigenvalue weighted by molar-refractivity contribution is -0.142. The van der Waals surface area contributed by atoms with E-state index >= 15 is 0 Å². The van der Waals surface area contributed by atoms with Crippen molar-refractivity contribution in [1.82, 2.24) is 9.97 Å². The molecule has 0 saturated heterocycles. The van der Waals surface area contributed by atoms with E-state index in [0.717, 1.165) is 4.88 Å². The van der Waals surface area contributed by atoms with Gasteiger partial charge in [0.15, 0.2) is 5.13 Å². The number of hydrogen-bond acceptors (Lipinski definition) is 6. The monoisotopic (exact) mass is 263 g/mol. The third-order valence-corrected chi connectivity index (χ3v) is 3.12. The van der Waals surface area contributed by atoms with Crippen LogP contribution in [-0.2, 0) is 16.0 Å². The Morgan fingerprint density at radius 2 is 2.33 bits per heavy atom. The first-order chi connectivity index (χ1) is 8.70. The molecule has 94 valence electrons. The summed E-state index contributed by atoms with van der Waals surface area (Å²) in [7, 11) is 0. The van der Waals surface area contributed by atoms with Crippen LogP contribution in [0.15, 0.2) is 24.4 Å². The van der Waals surface area contributed by atoms with Crippen LogP contribution >= 0.6 is 11.3 Å². The zero-order valence-electron chi connectivity index (χ0n) is 9.92. The van der Waals surface area contributed by atoms with Crippen molar-refractivity contribution in [2.75, 3.05) is 12.3 Å². The van der Waals surface area contributed by atoms with E-state index in [4.69, 9.17) is 10.5 Å². The minimum atomic E-state index is -0.279. The second-order valence-corrected chi connectivity index (χ2v) is 4.64. The van der Waals surface area contributed by atoms with Gasteiger partial charge in [-0.05, 0) is 19.1 Å². The van der Waals surface area contributed by atoms with Gasteiger partial charge in [0, 0.05) is 11.1 Å². The Hall–Kier alpha value is -1.95. The third kappa shape index (κ3) is 2.84. The molecule has 0 aliphatic heterocycles. The van der Waals surface area contributed by atoms with E-state index in [1.807, 2.05) is 18.2 Å². The Labute approximate surface area is 109 Å². The highest BCUT2D eigenvalue weighted by molar-refractivity contribution is 7.15. The molecule has 0 aliphatic carbocycles. The zero-order valence-corrected chi connectivity index (χ0v) is 10.7. The molecule has 0 unspecified atom stereocenters. The highest BCUT2D eigenvalue weighted by atomic mass is 32.1. The number of thiazole rings is 1. The third-order valence-electron chi connectivity index (χ3n) is 2.23. The van der Waals surface area contributed by atoms with Gasteiger partial charge in [-0.3, -0.25) is 9.78 Å². The van der Waals surface area contributed by atoms with Gasteiger partial charge in [-0.25, -0.2) is 4.98 Å². The van der Waals surface area contributed by atoms with Crippen LogP contribution in [0.2, 0.25) is 0 Å². The molecule has 6 heteroatoms. The van der Waals surface area contributed by atoms with Crippen molar-refractivity contribution in [3.63, 3.8) is 0 Å². The molecule has 18 heavy (non-hydrogen) atoms. The number of ether oxygens (including phenoxy) is 1. The molecule has 0 fully saturated rings. The number of pyridine rings is 1. The fourth-order valence-electron chi connectivity index (χ4n) is 1.54. The standard InChI is InChI=1S/C12H13N3O2S/c1-2-17-10(16)7-9-11(15-12(13)18-9)8-5-3-4-6-14-8/h3-6H,2,7H2,1H3,(H2,13,15). The Morgan fingerprint density at radius 1 is 1.50 bits per heavy atom. The number of nitrogen functional groups attached to an aromatic ring is 1. The zero-order chi connectivity index (χ0) is 13.0. The maximum absolute atomic E-state index is 11.5. The van der Waals surface area contributed by atoms with E-state index in [1.165, 1.54) is 11.3 Å². The van der Waals surface area contributed by atoms with Crippen LogP contribution in [0, 0.1) is 0 Å². The maximum atomic E-state index is 11.5. The molecule has 0 aliphatic rings. The topological polar surface area (TPSA) is 78.1 Å². The second-order valence-electron chi connectivity index (χ2n) is 3.52. The van der Waals surface area contributed by atoms with Gasteiger partial charge in [0.25, 0.3) is 0 Å². The molecule has 0 amide bonds. The van der Waals surface area contributed by atoms with Gasteiger partial charge >= 0.3 is 5.97 Å². The predicted molar refractivity (Wildman–Crippen MR) is 70.1 cm³/mol. The summed E-state index contributed by atoms with van der Waals surface area (Å²) in [6.45, 7) is 2.14. The molecule has 0 bridgehead atoms. The summed E-state index contributed by atoms with van der Waals surface area (Å²) in [5, 5.41) is 0.426. The maximum Gasteiger partial charge on any atom is 0.311 e. The van der Waals surface area contributed by atoms with E-state index < -0.39 is 0 Å². The van der Waals surface area contributed by atoms with Crippen molar-refractivity contribution in [3.8, 4) is 11.4 Å². The van der Waals surface area contributed by atoms with Gasteiger partial charge in [0.2, 0.25) is 0 Å². The van der Waals surface area contributed by atoms with Crippen molar-refractivity contribution in [1.29, 1.82) is 0 Å². The average molecular weight is 263 g/mol. The van der Waals surface area contributed by atoms with Crippen LogP contribution in [-0.4, -0.2) is 22.5 Å². The molecule has 5 nitrogen and oxygen atoms in total. The molecular weight excluding hydrogens is 250 g/mol. The molecule has 0 spiro atoms. The molecule has 0 saturated carbocycles. The summed E-state index contributed by atoms with van der Waals surface area (Å²) in [4.78, 5) is 20.7. The van der Waals surface area contributed by atoms with Crippen molar-refractivity contribution in [2.45, 2.75) is 13.3 Å². The minimum Gasteiger partial charge on any atom is -0.466 e. The van der Waals surface area contributed by atoms with Crippen molar-refractivity contribution < 1.29 is 9.53 Å². The van der Waals surface area contributed by atoms with Gasteiger partial charge < -0.3 is 10.5 Å².